The number of aromatic nitrogens is 1. The first-order chi connectivity index (χ1) is 11.6. The Labute approximate surface area is 142 Å². The highest BCUT2D eigenvalue weighted by Gasteiger charge is 2.18. The molecule has 24 heavy (non-hydrogen) atoms. The normalized spacial score (nSPS) is 11.8. The first-order valence-corrected chi connectivity index (χ1v) is 7.81. The maximum atomic E-state index is 12.0. The number of likely N-dealkylation sites (N-methyl/N-ethyl adjacent to an activating group) is 1. The summed E-state index contributed by atoms with van der Waals surface area (Å²) in [6.07, 6.45) is 3.41. The van der Waals surface area contributed by atoms with Gasteiger partial charge in [0.25, 0.3) is 0 Å². The third-order valence-electron chi connectivity index (χ3n) is 3.78. The lowest BCUT2D eigenvalue weighted by molar-refractivity contribution is 0.231. The predicted octanol–water partition coefficient (Wildman–Crippen LogP) is 2.19. The number of methoxy groups -OCH3 is 1. The van der Waals surface area contributed by atoms with E-state index in [9.17, 15) is 4.79 Å². The quantitative estimate of drug-likeness (QED) is 0.818. The maximum absolute atomic E-state index is 12.0. The van der Waals surface area contributed by atoms with E-state index < -0.39 is 0 Å². The molecular weight excluding hydrogens is 304 g/mol. The molecule has 1 aromatic carbocycles. The Morgan fingerprint density at radius 3 is 2.54 bits per heavy atom. The van der Waals surface area contributed by atoms with Crippen molar-refractivity contribution < 1.29 is 9.53 Å². The minimum atomic E-state index is -0.200. The monoisotopic (exact) mass is 328 g/mol. The molecule has 2 rings (SSSR count). The van der Waals surface area contributed by atoms with E-state index in [1.165, 1.54) is 0 Å². The molecule has 1 heterocycles. The molecule has 0 spiro atoms. The van der Waals surface area contributed by atoms with Gasteiger partial charge in [0.05, 0.1) is 13.2 Å². The van der Waals surface area contributed by atoms with Crippen LogP contribution >= 0.6 is 0 Å². The highest BCUT2D eigenvalue weighted by molar-refractivity contribution is 5.73. The van der Waals surface area contributed by atoms with Gasteiger partial charge < -0.3 is 20.3 Å². The molecule has 6 nitrogen and oxygen atoms in total. The summed E-state index contributed by atoms with van der Waals surface area (Å²) >= 11 is 0. The topological polar surface area (TPSA) is 66.5 Å². The fraction of sp³-hybridized carbons (Fsp3) is 0.333. The van der Waals surface area contributed by atoms with Crippen molar-refractivity contribution in [3.8, 4) is 5.75 Å². The number of ether oxygens (including phenoxy) is 1. The van der Waals surface area contributed by atoms with Crippen LogP contribution in [0.3, 0.4) is 0 Å². The fourth-order valence-corrected chi connectivity index (χ4v) is 2.45. The predicted molar refractivity (Wildman–Crippen MR) is 93.9 cm³/mol. The van der Waals surface area contributed by atoms with Crippen molar-refractivity contribution in [2.24, 2.45) is 0 Å². The van der Waals surface area contributed by atoms with Gasteiger partial charge in [0.1, 0.15) is 5.75 Å². The number of hydrogen-bond acceptors (Lipinski definition) is 4. The van der Waals surface area contributed by atoms with E-state index in [-0.39, 0.29) is 12.1 Å². The summed E-state index contributed by atoms with van der Waals surface area (Å²) in [7, 11) is 5.61. The number of para-hydroxylation sites is 1. The molecule has 1 atom stereocenters. The van der Waals surface area contributed by atoms with Crippen LogP contribution in [0.25, 0.3) is 0 Å². The Kier molecular flexibility index (Phi) is 6.57. The van der Waals surface area contributed by atoms with E-state index in [1.54, 1.807) is 19.5 Å². The average molecular weight is 328 g/mol. The van der Waals surface area contributed by atoms with Gasteiger partial charge in [-0.1, -0.05) is 18.2 Å². The number of amides is 2. The van der Waals surface area contributed by atoms with Gasteiger partial charge in [-0.3, -0.25) is 4.98 Å². The van der Waals surface area contributed by atoms with Gasteiger partial charge in [-0.25, -0.2) is 4.79 Å². The van der Waals surface area contributed by atoms with E-state index in [2.05, 4.69) is 20.5 Å². The molecule has 0 saturated heterocycles. The van der Waals surface area contributed by atoms with Gasteiger partial charge in [0, 0.05) is 31.0 Å². The van der Waals surface area contributed by atoms with Crippen LogP contribution in [0.4, 0.5) is 4.79 Å². The first kappa shape index (κ1) is 17.7. The first-order valence-electron chi connectivity index (χ1n) is 7.81. The van der Waals surface area contributed by atoms with E-state index >= 15 is 0 Å². The van der Waals surface area contributed by atoms with Crippen LogP contribution in [-0.2, 0) is 6.54 Å². The zero-order valence-corrected chi connectivity index (χ0v) is 14.3. The summed E-state index contributed by atoms with van der Waals surface area (Å²) in [6, 6.07) is 11.4. The molecule has 2 amide bonds. The molecule has 0 fully saturated rings. The average Bonchev–Trinajstić information content (AvgIpc) is 2.61. The molecule has 0 radical (unpaired) electrons. The van der Waals surface area contributed by atoms with Crippen LogP contribution in [0.15, 0.2) is 48.8 Å². The number of pyridine rings is 1. The number of nitrogens with zero attached hydrogens (tertiary/aromatic N) is 2. The smallest absolute Gasteiger partial charge is 0.315 e. The SMILES string of the molecule is COc1ccccc1C(CNC(=O)NCc1ccncc1)N(C)C. The lowest BCUT2D eigenvalue weighted by Crippen LogP contribution is -2.40. The van der Waals surface area contributed by atoms with Crippen LogP contribution in [-0.4, -0.2) is 43.7 Å². The van der Waals surface area contributed by atoms with Crippen LogP contribution in [0.1, 0.15) is 17.2 Å². The number of hydrogen-bond donors (Lipinski definition) is 2. The molecule has 0 aliphatic heterocycles. The fourth-order valence-electron chi connectivity index (χ4n) is 2.45. The Bertz CT molecular complexity index is 646. The van der Waals surface area contributed by atoms with Gasteiger partial charge >= 0.3 is 6.03 Å². The molecule has 1 unspecified atom stereocenters. The molecule has 0 saturated carbocycles. The Morgan fingerprint density at radius 1 is 1.17 bits per heavy atom. The van der Waals surface area contributed by atoms with E-state index in [0.717, 1.165) is 16.9 Å². The van der Waals surface area contributed by atoms with E-state index in [0.29, 0.717) is 13.1 Å². The molecule has 0 bridgehead atoms. The standard InChI is InChI=1S/C18H24N4O2/c1-22(2)16(15-6-4-5-7-17(15)24-3)13-21-18(23)20-12-14-8-10-19-11-9-14/h4-11,16H,12-13H2,1-3H3,(H2,20,21,23). The lowest BCUT2D eigenvalue weighted by atomic mass is 10.0. The van der Waals surface area contributed by atoms with E-state index in [1.807, 2.05) is 50.5 Å². The second-order valence-corrected chi connectivity index (χ2v) is 5.64. The number of urea groups is 1. The number of nitrogens with one attached hydrogen (secondary N) is 2. The Balaban J connectivity index is 1.93. The van der Waals surface area contributed by atoms with Gasteiger partial charge in [-0.15, -0.1) is 0 Å². The van der Waals surface area contributed by atoms with Crippen molar-refractivity contribution in [1.29, 1.82) is 0 Å². The van der Waals surface area contributed by atoms with Crippen LogP contribution in [0.5, 0.6) is 5.75 Å². The molecule has 1 aromatic heterocycles. The van der Waals surface area contributed by atoms with Crippen molar-refractivity contribution >= 4 is 6.03 Å². The summed E-state index contributed by atoms with van der Waals surface area (Å²) in [5, 5.41) is 5.77. The minimum absolute atomic E-state index is 0.0211. The summed E-state index contributed by atoms with van der Waals surface area (Å²) in [5.41, 5.74) is 2.05. The highest BCUT2D eigenvalue weighted by atomic mass is 16.5. The largest absolute Gasteiger partial charge is 0.496 e. The number of carbonyl (C=O) groups excluding carboxylic acids is 1. The number of rotatable bonds is 7. The highest BCUT2D eigenvalue weighted by Crippen LogP contribution is 2.27. The minimum Gasteiger partial charge on any atom is -0.496 e. The third-order valence-corrected chi connectivity index (χ3v) is 3.78. The number of benzene rings is 1. The van der Waals surface area contributed by atoms with Crippen molar-refractivity contribution in [2.75, 3.05) is 27.7 Å². The molecule has 2 N–H and O–H groups in total. The van der Waals surface area contributed by atoms with Gasteiger partial charge in [0.2, 0.25) is 0 Å². The zero-order chi connectivity index (χ0) is 17.4. The van der Waals surface area contributed by atoms with Gasteiger partial charge in [-0.05, 0) is 37.9 Å². The lowest BCUT2D eigenvalue weighted by Gasteiger charge is -2.26. The zero-order valence-electron chi connectivity index (χ0n) is 14.3. The van der Waals surface area contributed by atoms with Crippen LogP contribution in [0, 0.1) is 0 Å². The molecule has 6 heteroatoms. The third kappa shape index (κ3) is 4.96. The van der Waals surface area contributed by atoms with Crippen molar-refractivity contribution in [1.82, 2.24) is 20.5 Å². The van der Waals surface area contributed by atoms with Crippen molar-refractivity contribution in [2.45, 2.75) is 12.6 Å². The van der Waals surface area contributed by atoms with Gasteiger partial charge in [0.15, 0.2) is 0 Å². The summed E-state index contributed by atoms with van der Waals surface area (Å²) in [4.78, 5) is 18.1. The van der Waals surface area contributed by atoms with Gasteiger partial charge in [-0.2, -0.15) is 0 Å². The second-order valence-electron chi connectivity index (χ2n) is 5.64. The molecule has 2 aromatic rings. The number of carbonyl (C=O) groups is 1. The summed E-state index contributed by atoms with van der Waals surface area (Å²) in [5.74, 6) is 0.815. The second kappa shape index (κ2) is 8.88. The summed E-state index contributed by atoms with van der Waals surface area (Å²) < 4.78 is 5.43. The Hall–Kier alpha value is -2.60. The maximum Gasteiger partial charge on any atom is 0.315 e. The molecule has 0 aliphatic rings. The van der Waals surface area contributed by atoms with Crippen molar-refractivity contribution in [3.63, 3.8) is 0 Å². The van der Waals surface area contributed by atoms with E-state index in [4.69, 9.17) is 4.74 Å². The van der Waals surface area contributed by atoms with Crippen LogP contribution in [0.2, 0.25) is 0 Å². The molecule has 0 aliphatic carbocycles. The van der Waals surface area contributed by atoms with Crippen molar-refractivity contribution in [3.05, 3.63) is 59.9 Å². The van der Waals surface area contributed by atoms with Crippen LogP contribution < -0.4 is 15.4 Å². The summed E-state index contributed by atoms with van der Waals surface area (Å²) in [6.45, 7) is 0.950. The Morgan fingerprint density at radius 2 is 1.88 bits per heavy atom. The molecular formula is C18H24N4O2. The molecule has 128 valence electrons.